The minimum atomic E-state index is 0.180. The monoisotopic (exact) mass is 270 g/mol. The molecule has 2 N–H and O–H groups in total. The van der Waals surface area contributed by atoms with Gasteiger partial charge in [0, 0.05) is 59.7 Å². The van der Waals surface area contributed by atoms with Gasteiger partial charge in [0.1, 0.15) is 0 Å². The van der Waals surface area contributed by atoms with Gasteiger partial charge in [-0.3, -0.25) is 9.88 Å². The molecule has 0 aliphatic carbocycles. The van der Waals surface area contributed by atoms with E-state index < -0.39 is 0 Å². The highest BCUT2D eigenvalue weighted by molar-refractivity contribution is 6.00. The van der Waals surface area contributed by atoms with E-state index in [0.717, 1.165) is 30.7 Å². The molecule has 2 heterocycles. The lowest BCUT2D eigenvalue weighted by atomic mass is 9.98. The number of anilines is 2. The van der Waals surface area contributed by atoms with Crippen molar-refractivity contribution in [2.45, 2.75) is 19.4 Å². The molecule has 0 bridgehead atoms. The summed E-state index contributed by atoms with van der Waals surface area (Å²) in [7, 11) is 2.20. The summed E-state index contributed by atoms with van der Waals surface area (Å²) in [6.07, 6.45) is 3.70. The van der Waals surface area contributed by atoms with Crippen LogP contribution in [-0.4, -0.2) is 42.1 Å². The van der Waals surface area contributed by atoms with E-state index in [1.54, 1.807) is 0 Å². The molecule has 0 amide bonds. The number of rotatable bonds is 1. The van der Waals surface area contributed by atoms with Crippen LogP contribution in [0.5, 0.6) is 0 Å². The first-order chi connectivity index (χ1) is 9.49. The Kier molecular flexibility index (Phi) is 3.05. The molecule has 1 aliphatic rings. The molecular formula is C16H22N4. The Morgan fingerprint density at radius 2 is 1.95 bits per heavy atom. The van der Waals surface area contributed by atoms with Crippen molar-refractivity contribution in [3.8, 4) is 0 Å². The Labute approximate surface area is 120 Å². The van der Waals surface area contributed by atoms with Gasteiger partial charge in [0.05, 0.1) is 0 Å². The molecule has 1 aromatic heterocycles. The zero-order valence-corrected chi connectivity index (χ0v) is 12.4. The summed E-state index contributed by atoms with van der Waals surface area (Å²) in [6.45, 7) is 7.72. The summed E-state index contributed by atoms with van der Waals surface area (Å²) < 4.78 is 0. The molecule has 2 aromatic rings. The van der Waals surface area contributed by atoms with Crippen molar-refractivity contribution in [2.75, 3.05) is 37.3 Å². The minimum absolute atomic E-state index is 0.180. The number of hydrogen-bond acceptors (Lipinski definition) is 4. The molecule has 1 saturated heterocycles. The molecule has 0 unspecified atom stereocenters. The third-order valence-corrected chi connectivity index (χ3v) is 4.49. The molecule has 3 rings (SSSR count). The molecule has 0 spiro atoms. The topological polar surface area (TPSA) is 45.4 Å². The first kappa shape index (κ1) is 13.2. The number of nitrogen functional groups attached to an aromatic ring is 1. The van der Waals surface area contributed by atoms with Crippen molar-refractivity contribution in [1.29, 1.82) is 0 Å². The van der Waals surface area contributed by atoms with Gasteiger partial charge in [-0.05, 0) is 39.1 Å². The number of hydrogen-bond donors (Lipinski definition) is 1. The fraction of sp³-hybridized carbons (Fsp3) is 0.438. The number of aromatic nitrogens is 1. The number of nitrogens with zero attached hydrogens (tertiary/aromatic N) is 3. The number of pyridine rings is 1. The lowest BCUT2D eigenvalue weighted by Gasteiger charge is -2.46. The van der Waals surface area contributed by atoms with Crippen molar-refractivity contribution in [2.24, 2.45) is 0 Å². The van der Waals surface area contributed by atoms with Crippen molar-refractivity contribution < 1.29 is 0 Å². The standard InChI is InChI=1S/C16H22N4/c1-16(2)11-20(9-8-19(16)3)15-5-4-14(17)13-10-18-7-6-12(13)15/h4-7,10H,8-9,11,17H2,1-3H3. The van der Waals surface area contributed by atoms with Crippen LogP contribution < -0.4 is 10.6 Å². The normalized spacial score (nSPS) is 19.4. The van der Waals surface area contributed by atoms with Crippen LogP contribution in [0.4, 0.5) is 11.4 Å². The van der Waals surface area contributed by atoms with Gasteiger partial charge in [-0.2, -0.15) is 0 Å². The van der Waals surface area contributed by atoms with Crippen LogP contribution in [0.15, 0.2) is 30.6 Å². The van der Waals surface area contributed by atoms with E-state index in [1.165, 1.54) is 11.1 Å². The summed E-state index contributed by atoms with van der Waals surface area (Å²) >= 11 is 0. The highest BCUT2D eigenvalue weighted by Crippen LogP contribution is 2.33. The van der Waals surface area contributed by atoms with Crippen LogP contribution in [0.1, 0.15) is 13.8 Å². The van der Waals surface area contributed by atoms with Crippen molar-refractivity contribution in [3.63, 3.8) is 0 Å². The summed E-state index contributed by atoms with van der Waals surface area (Å²) in [6, 6.07) is 6.19. The summed E-state index contributed by atoms with van der Waals surface area (Å²) in [5, 5.41) is 2.24. The van der Waals surface area contributed by atoms with Crippen LogP contribution in [0, 0.1) is 0 Å². The first-order valence-corrected chi connectivity index (χ1v) is 7.07. The molecule has 1 fully saturated rings. The van der Waals surface area contributed by atoms with Crippen LogP contribution in [0.3, 0.4) is 0 Å². The summed E-state index contributed by atoms with van der Waals surface area (Å²) in [4.78, 5) is 9.08. The van der Waals surface area contributed by atoms with E-state index in [4.69, 9.17) is 5.73 Å². The number of nitrogens with two attached hydrogens (primary N) is 1. The molecule has 0 atom stereocenters. The summed E-state index contributed by atoms with van der Waals surface area (Å²) in [5.74, 6) is 0. The number of likely N-dealkylation sites (N-methyl/N-ethyl adjacent to an activating group) is 1. The van der Waals surface area contributed by atoms with Gasteiger partial charge >= 0.3 is 0 Å². The minimum Gasteiger partial charge on any atom is -0.398 e. The zero-order valence-electron chi connectivity index (χ0n) is 12.4. The highest BCUT2D eigenvalue weighted by Gasteiger charge is 2.31. The predicted molar refractivity (Wildman–Crippen MR) is 85.1 cm³/mol. The number of piperazine rings is 1. The average Bonchev–Trinajstić information content (AvgIpc) is 2.43. The molecule has 0 radical (unpaired) electrons. The van der Waals surface area contributed by atoms with E-state index in [0.29, 0.717) is 0 Å². The van der Waals surface area contributed by atoms with Crippen LogP contribution in [-0.2, 0) is 0 Å². The Bertz CT molecular complexity index is 635. The average molecular weight is 270 g/mol. The van der Waals surface area contributed by atoms with Gasteiger partial charge in [0.25, 0.3) is 0 Å². The van der Waals surface area contributed by atoms with Gasteiger partial charge in [-0.25, -0.2) is 0 Å². The van der Waals surface area contributed by atoms with Crippen molar-refractivity contribution in [1.82, 2.24) is 9.88 Å². The molecule has 1 aliphatic heterocycles. The van der Waals surface area contributed by atoms with Crippen molar-refractivity contribution in [3.05, 3.63) is 30.6 Å². The molecule has 4 nitrogen and oxygen atoms in total. The number of fused-ring (bicyclic) bond motifs is 1. The number of benzene rings is 1. The molecule has 0 saturated carbocycles. The Morgan fingerprint density at radius 1 is 1.15 bits per heavy atom. The largest absolute Gasteiger partial charge is 0.398 e. The third-order valence-electron chi connectivity index (χ3n) is 4.49. The van der Waals surface area contributed by atoms with Crippen LogP contribution in [0.25, 0.3) is 10.8 Å². The molecular weight excluding hydrogens is 248 g/mol. The first-order valence-electron chi connectivity index (χ1n) is 7.07. The lowest BCUT2D eigenvalue weighted by molar-refractivity contribution is 0.139. The predicted octanol–water partition coefficient (Wildman–Crippen LogP) is 2.35. The Hall–Kier alpha value is -1.81. The lowest BCUT2D eigenvalue weighted by Crippen LogP contribution is -2.57. The Morgan fingerprint density at radius 3 is 2.70 bits per heavy atom. The molecule has 106 valence electrons. The maximum Gasteiger partial charge on any atom is 0.0449 e. The zero-order chi connectivity index (χ0) is 14.3. The van der Waals surface area contributed by atoms with E-state index in [1.807, 2.05) is 18.5 Å². The smallest absolute Gasteiger partial charge is 0.0449 e. The second kappa shape index (κ2) is 4.63. The fourth-order valence-corrected chi connectivity index (χ4v) is 2.92. The van der Waals surface area contributed by atoms with E-state index in [9.17, 15) is 0 Å². The third kappa shape index (κ3) is 2.10. The highest BCUT2D eigenvalue weighted by atomic mass is 15.3. The van der Waals surface area contributed by atoms with Crippen molar-refractivity contribution >= 4 is 22.1 Å². The van der Waals surface area contributed by atoms with Crippen LogP contribution >= 0.6 is 0 Å². The second-order valence-corrected chi connectivity index (χ2v) is 6.25. The van der Waals surface area contributed by atoms with Gasteiger partial charge in [-0.1, -0.05) is 0 Å². The summed E-state index contributed by atoms with van der Waals surface area (Å²) in [5.41, 5.74) is 8.30. The van der Waals surface area contributed by atoms with E-state index >= 15 is 0 Å². The maximum atomic E-state index is 6.06. The molecule has 4 heteroatoms. The van der Waals surface area contributed by atoms with E-state index in [2.05, 4.69) is 47.8 Å². The SMILES string of the molecule is CN1CCN(c2ccc(N)c3cnccc23)CC1(C)C. The van der Waals surface area contributed by atoms with Gasteiger partial charge < -0.3 is 10.6 Å². The van der Waals surface area contributed by atoms with Crippen LogP contribution in [0.2, 0.25) is 0 Å². The van der Waals surface area contributed by atoms with Gasteiger partial charge in [0.2, 0.25) is 0 Å². The second-order valence-electron chi connectivity index (χ2n) is 6.25. The van der Waals surface area contributed by atoms with Gasteiger partial charge in [0.15, 0.2) is 0 Å². The quantitative estimate of drug-likeness (QED) is 0.808. The Balaban J connectivity index is 2.05. The molecule has 1 aromatic carbocycles. The van der Waals surface area contributed by atoms with E-state index in [-0.39, 0.29) is 5.54 Å². The van der Waals surface area contributed by atoms with Gasteiger partial charge in [-0.15, -0.1) is 0 Å². The maximum absolute atomic E-state index is 6.06. The molecule has 20 heavy (non-hydrogen) atoms. The fourth-order valence-electron chi connectivity index (χ4n) is 2.92.